The summed E-state index contributed by atoms with van der Waals surface area (Å²) < 4.78 is 7.26. The van der Waals surface area contributed by atoms with Crippen LogP contribution < -0.4 is 15.4 Å². The van der Waals surface area contributed by atoms with Crippen LogP contribution in [0, 0.1) is 0 Å². The number of aryl methyl sites for hydroxylation is 1. The fraction of sp³-hybridized carbons (Fsp3) is 0.304. The minimum atomic E-state index is -0.527. The zero-order valence-electron chi connectivity index (χ0n) is 18.4. The van der Waals surface area contributed by atoms with E-state index in [-0.39, 0.29) is 5.91 Å². The number of nitrogens with zero attached hydrogens (tertiary/aromatic N) is 3. The molecule has 3 amide bonds. The number of hydrogen-bond acceptors (Lipinski definition) is 6. The van der Waals surface area contributed by atoms with Crippen molar-refractivity contribution >= 4 is 23.7 Å². The van der Waals surface area contributed by atoms with Crippen molar-refractivity contribution in [1.82, 2.24) is 25.4 Å². The van der Waals surface area contributed by atoms with Gasteiger partial charge in [0.25, 0.3) is 0 Å². The van der Waals surface area contributed by atoms with Crippen LogP contribution in [-0.2, 0) is 17.8 Å². The average molecular weight is 454 g/mol. The first-order valence-corrected chi connectivity index (χ1v) is 11.3. The predicted molar refractivity (Wildman–Crippen MR) is 125 cm³/mol. The van der Waals surface area contributed by atoms with Gasteiger partial charge in [-0.1, -0.05) is 42.1 Å². The lowest BCUT2D eigenvalue weighted by molar-refractivity contribution is -0.119. The third-order valence-corrected chi connectivity index (χ3v) is 5.84. The lowest BCUT2D eigenvalue weighted by atomic mass is 10.1. The molecule has 168 valence electrons. The van der Waals surface area contributed by atoms with E-state index < -0.39 is 11.3 Å². The summed E-state index contributed by atoms with van der Waals surface area (Å²) in [6.45, 7) is 4.62. The number of imide groups is 1. The van der Waals surface area contributed by atoms with Crippen molar-refractivity contribution in [2.75, 3.05) is 13.7 Å². The van der Waals surface area contributed by atoms with Crippen LogP contribution in [0.1, 0.15) is 19.4 Å². The molecule has 8 nitrogen and oxygen atoms in total. The van der Waals surface area contributed by atoms with Crippen molar-refractivity contribution in [1.29, 1.82) is 0 Å². The number of carbonyl (C=O) groups excluding carboxylic acids is 2. The molecule has 0 radical (unpaired) electrons. The summed E-state index contributed by atoms with van der Waals surface area (Å²) in [6, 6.07) is 17.3. The number of hydrogen-bond donors (Lipinski definition) is 2. The molecular weight excluding hydrogens is 426 g/mol. The van der Waals surface area contributed by atoms with Gasteiger partial charge in [0, 0.05) is 18.7 Å². The standard InChI is InChI=1S/C23H27N5O3S/c1-4-24-22(30)25-21(29)16(2)32-23-27-26-20(18-10-12-19(31-3)13-11-18)28(23)15-14-17-8-6-5-7-9-17/h5-13,16H,4,14-15H2,1-3H3,(H2,24,25,29,30)/t16-/m0/s1. The predicted octanol–water partition coefficient (Wildman–Crippen LogP) is 3.52. The highest BCUT2D eigenvalue weighted by molar-refractivity contribution is 8.00. The number of amides is 3. The van der Waals surface area contributed by atoms with Crippen LogP contribution in [0.4, 0.5) is 4.79 Å². The molecule has 0 bridgehead atoms. The molecule has 9 heteroatoms. The largest absolute Gasteiger partial charge is 0.497 e. The van der Waals surface area contributed by atoms with Crippen LogP contribution in [0.5, 0.6) is 5.75 Å². The Bertz CT molecular complexity index is 1040. The molecule has 2 aromatic carbocycles. The van der Waals surface area contributed by atoms with Gasteiger partial charge in [0.1, 0.15) is 5.75 Å². The number of thioether (sulfide) groups is 1. The van der Waals surface area contributed by atoms with Crippen LogP contribution in [-0.4, -0.2) is 45.6 Å². The van der Waals surface area contributed by atoms with Crippen molar-refractivity contribution in [3.8, 4) is 17.1 Å². The molecule has 0 aliphatic carbocycles. The molecule has 1 atom stereocenters. The maximum atomic E-state index is 12.4. The molecule has 0 aliphatic heterocycles. The third kappa shape index (κ3) is 6.10. The second-order valence-electron chi connectivity index (χ2n) is 7.03. The van der Waals surface area contributed by atoms with Gasteiger partial charge in [-0.15, -0.1) is 10.2 Å². The first kappa shape index (κ1) is 23.3. The van der Waals surface area contributed by atoms with Gasteiger partial charge in [-0.05, 0) is 50.1 Å². The lowest BCUT2D eigenvalue weighted by Crippen LogP contribution is -2.42. The molecular formula is C23H27N5O3S. The molecule has 3 rings (SSSR count). The van der Waals surface area contributed by atoms with Gasteiger partial charge in [0.15, 0.2) is 11.0 Å². The van der Waals surface area contributed by atoms with Crippen LogP contribution in [0.3, 0.4) is 0 Å². The van der Waals surface area contributed by atoms with Gasteiger partial charge in [0.05, 0.1) is 12.4 Å². The minimum Gasteiger partial charge on any atom is -0.497 e. The van der Waals surface area contributed by atoms with E-state index in [1.165, 1.54) is 17.3 Å². The van der Waals surface area contributed by atoms with Gasteiger partial charge in [0.2, 0.25) is 5.91 Å². The molecule has 0 spiro atoms. The molecule has 0 aliphatic rings. The van der Waals surface area contributed by atoms with E-state index in [0.29, 0.717) is 24.1 Å². The molecule has 1 aromatic heterocycles. The van der Waals surface area contributed by atoms with Gasteiger partial charge < -0.3 is 14.6 Å². The fourth-order valence-corrected chi connectivity index (χ4v) is 3.92. The molecule has 32 heavy (non-hydrogen) atoms. The van der Waals surface area contributed by atoms with Crippen LogP contribution >= 0.6 is 11.8 Å². The van der Waals surface area contributed by atoms with Crippen molar-refractivity contribution in [3.05, 3.63) is 60.2 Å². The summed E-state index contributed by atoms with van der Waals surface area (Å²) in [5, 5.41) is 13.7. The summed E-state index contributed by atoms with van der Waals surface area (Å²) in [4.78, 5) is 24.1. The van der Waals surface area contributed by atoms with E-state index in [1.54, 1.807) is 21.0 Å². The lowest BCUT2D eigenvalue weighted by Gasteiger charge is -2.14. The Morgan fingerprint density at radius 2 is 1.81 bits per heavy atom. The van der Waals surface area contributed by atoms with E-state index in [4.69, 9.17) is 4.74 Å². The number of rotatable bonds is 9. The zero-order valence-corrected chi connectivity index (χ0v) is 19.2. The van der Waals surface area contributed by atoms with Crippen LogP contribution in [0.15, 0.2) is 59.8 Å². The maximum absolute atomic E-state index is 12.4. The van der Waals surface area contributed by atoms with E-state index in [9.17, 15) is 9.59 Å². The minimum absolute atomic E-state index is 0.385. The number of ether oxygens (including phenoxy) is 1. The zero-order chi connectivity index (χ0) is 22.9. The Morgan fingerprint density at radius 1 is 1.09 bits per heavy atom. The van der Waals surface area contributed by atoms with Crippen molar-refractivity contribution in [3.63, 3.8) is 0 Å². The Morgan fingerprint density at radius 3 is 2.47 bits per heavy atom. The first-order valence-electron chi connectivity index (χ1n) is 10.4. The molecule has 0 unspecified atom stereocenters. The quantitative estimate of drug-likeness (QED) is 0.481. The highest BCUT2D eigenvalue weighted by Crippen LogP contribution is 2.28. The van der Waals surface area contributed by atoms with Crippen molar-refractivity contribution in [2.24, 2.45) is 0 Å². The summed E-state index contributed by atoms with van der Waals surface area (Å²) in [5.74, 6) is 1.08. The third-order valence-electron chi connectivity index (χ3n) is 4.76. The smallest absolute Gasteiger partial charge is 0.321 e. The molecule has 0 fully saturated rings. The van der Waals surface area contributed by atoms with E-state index >= 15 is 0 Å². The van der Waals surface area contributed by atoms with E-state index in [2.05, 4.69) is 33.0 Å². The summed E-state index contributed by atoms with van der Waals surface area (Å²) >= 11 is 1.27. The van der Waals surface area contributed by atoms with Gasteiger partial charge >= 0.3 is 6.03 Å². The van der Waals surface area contributed by atoms with E-state index in [1.807, 2.05) is 47.0 Å². The number of carbonyl (C=O) groups is 2. The highest BCUT2D eigenvalue weighted by atomic mass is 32.2. The molecule has 3 aromatic rings. The maximum Gasteiger partial charge on any atom is 0.321 e. The van der Waals surface area contributed by atoms with Crippen molar-refractivity contribution < 1.29 is 14.3 Å². The molecule has 2 N–H and O–H groups in total. The second kappa shape index (κ2) is 11.3. The summed E-state index contributed by atoms with van der Waals surface area (Å²) in [5.41, 5.74) is 2.09. The number of benzene rings is 2. The van der Waals surface area contributed by atoms with Gasteiger partial charge in [-0.2, -0.15) is 0 Å². The Labute approximate surface area is 191 Å². The van der Waals surface area contributed by atoms with Gasteiger partial charge in [-0.3, -0.25) is 10.1 Å². The number of nitrogens with one attached hydrogen (secondary N) is 2. The number of urea groups is 1. The summed E-state index contributed by atoms with van der Waals surface area (Å²) in [7, 11) is 1.62. The monoisotopic (exact) mass is 453 g/mol. The highest BCUT2D eigenvalue weighted by Gasteiger charge is 2.22. The van der Waals surface area contributed by atoms with Crippen molar-refractivity contribution in [2.45, 2.75) is 37.2 Å². The fourth-order valence-electron chi connectivity index (χ4n) is 3.05. The molecule has 1 heterocycles. The SMILES string of the molecule is CCNC(=O)NC(=O)[C@H](C)Sc1nnc(-c2ccc(OC)cc2)n1CCc1ccccc1. The average Bonchev–Trinajstić information content (AvgIpc) is 3.20. The first-order chi connectivity index (χ1) is 15.5. The topological polar surface area (TPSA) is 98.1 Å². The number of methoxy groups -OCH3 is 1. The Kier molecular flexibility index (Phi) is 8.27. The van der Waals surface area contributed by atoms with Crippen LogP contribution in [0.2, 0.25) is 0 Å². The molecule has 0 saturated carbocycles. The Hall–Kier alpha value is -3.33. The van der Waals surface area contributed by atoms with Gasteiger partial charge in [-0.25, -0.2) is 4.79 Å². The number of aromatic nitrogens is 3. The Balaban J connectivity index is 1.83. The van der Waals surface area contributed by atoms with Crippen LogP contribution in [0.25, 0.3) is 11.4 Å². The normalized spacial score (nSPS) is 11.6. The summed E-state index contributed by atoms with van der Waals surface area (Å²) in [6.07, 6.45) is 0.787. The van der Waals surface area contributed by atoms with E-state index in [0.717, 1.165) is 17.7 Å². The molecule has 0 saturated heterocycles. The second-order valence-corrected chi connectivity index (χ2v) is 8.34.